The number of piperazine rings is 1. The van der Waals surface area contributed by atoms with E-state index in [1.807, 2.05) is 31.3 Å². The first-order chi connectivity index (χ1) is 11.1. The fourth-order valence-electron chi connectivity index (χ4n) is 3.19. The Labute approximate surface area is 137 Å². The summed E-state index contributed by atoms with van der Waals surface area (Å²) < 4.78 is 7.56. The van der Waals surface area contributed by atoms with Gasteiger partial charge in [0, 0.05) is 58.7 Å². The second-order valence-electron chi connectivity index (χ2n) is 6.53. The summed E-state index contributed by atoms with van der Waals surface area (Å²) in [4.78, 5) is 23.4. The van der Waals surface area contributed by atoms with Gasteiger partial charge in [-0.05, 0) is 6.92 Å². The number of amides is 1. The zero-order valence-corrected chi connectivity index (χ0v) is 14.1. The Morgan fingerprint density at radius 1 is 1.26 bits per heavy atom. The van der Waals surface area contributed by atoms with Crippen molar-refractivity contribution in [1.29, 1.82) is 0 Å². The Kier molecular flexibility index (Phi) is 5.30. The molecule has 7 heteroatoms. The van der Waals surface area contributed by atoms with Crippen LogP contribution in [-0.4, -0.2) is 88.7 Å². The summed E-state index contributed by atoms with van der Waals surface area (Å²) in [6.45, 7) is 9.39. The van der Waals surface area contributed by atoms with Crippen LogP contribution in [0.1, 0.15) is 12.7 Å². The van der Waals surface area contributed by atoms with Crippen LogP contribution in [-0.2, 0) is 23.1 Å². The molecule has 2 aliphatic rings. The summed E-state index contributed by atoms with van der Waals surface area (Å²) in [6.07, 6.45) is 3.98. The number of carbonyl (C=O) groups excluding carboxylic acids is 1. The van der Waals surface area contributed by atoms with E-state index >= 15 is 0 Å². The first-order valence-corrected chi connectivity index (χ1v) is 8.42. The first-order valence-electron chi connectivity index (χ1n) is 8.42. The molecule has 2 fully saturated rings. The number of carbonyl (C=O) groups is 1. The molecule has 2 saturated heterocycles. The Hall–Kier alpha value is -1.44. The van der Waals surface area contributed by atoms with Crippen molar-refractivity contribution in [3.63, 3.8) is 0 Å². The van der Waals surface area contributed by atoms with Crippen LogP contribution < -0.4 is 0 Å². The van der Waals surface area contributed by atoms with Gasteiger partial charge in [-0.1, -0.05) is 0 Å². The lowest BCUT2D eigenvalue weighted by atomic mass is 10.2. The fourth-order valence-corrected chi connectivity index (χ4v) is 3.19. The van der Waals surface area contributed by atoms with Gasteiger partial charge in [0.2, 0.25) is 5.91 Å². The van der Waals surface area contributed by atoms with Crippen LogP contribution in [0, 0.1) is 0 Å². The molecule has 0 bridgehead atoms. The van der Waals surface area contributed by atoms with E-state index in [9.17, 15) is 4.79 Å². The minimum absolute atomic E-state index is 0.155. The zero-order chi connectivity index (χ0) is 16.2. The third-order valence-electron chi connectivity index (χ3n) is 4.70. The second kappa shape index (κ2) is 7.42. The number of nitrogens with zero attached hydrogens (tertiary/aromatic N) is 5. The number of rotatable bonds is 4. The SMILES string of the molecule is C[C@H]1CN(C(=O)CN2CCN(Cc3nccn3C)CC2)CCO1. The van der Waals surface area contributed by atoms with E-state index in [1.54, 1.807) is 0 Å². The van der Waals surface area contributed by atoms with Gasteiger partial charge in [0.1, 0.15) is 5.82 Å². The van der Waals surface area contributed by atoms with Crippen LogP contribution >= 0.6 is 0 Å². The first kappa shape index (κ1) is 16.4. The summed E-state index contributed by atoms with van der Waals surface area (Å²) in [5, 5.41) is 0. The summed E-state index contributed by atoms with van der Waals surface area (Å²) in [7, 11) is 2.03. The van der Waals surface area contributed by atoms with Crippen LogP contribution in [0.25, 0.3) is 0 Å². The average Bonchev–Trinajstić information content (AvgIpc) is 2.94. The van der Waals surface area contributed by atoms with Crippen molar-refractivity contribution < 1.29 is 9.53 Å². The molecule has 1 aromatic rings. The van der Waals surface area contributed by atoms with E-state index in [0.717, 1.165) is 51.6 Å². The Bertz CT molecular complexity index is 524. The maximum Gasteiger partial charge on any atom is 0.236 e. The highest BCUT2D eigenvalue weighted by Gasteiger charge is 2.25. The van der Waals surface area contributed by atoms with Gasteiger partial charge in [-0.3, -0.25) is 14.6 Å². The number of ether oxygens (including phenoxy) is 1. The van der Waals surface area contributed by atoms with Crippen LogP contribution in [0.15, 0.2) is 12.4 Å². The highest BCUT2D eigenvalue weighted by molar-refractivity contribution is 5.78. The van der Waals surface area contributed by atoms with Crippen LogP contribution in [0.2, 0.25) is 0 Å². The fraction of sp³-hybridized carbons (Fsp3) is 0.750. The number of imidazole rings is 1. The van der Waals surface area contributed by atoms with Gasteiger partial charge in [-0.2, -0.15) is 0 Å². The molecule has 23 heavy (non-hydrogen) atoms. The number of morpholine rings is 1. The van der Waals surface area contributed by atoms with E-state index < -0.39 is 0 Å². The molecule has 2 aliphatic heterocycles. The van der Waals surface area contributed by atoms with Crippen LogP contribution in [0.4, 0.5) is 0 Å². The Balaban J connectivity index is 1.42. The third-order valence-corrected chi connectivity index (χ3v) is 4.70. The highest BCUT2D eigenvalue weighted by atomic mass is 16.5. The average molecular weight is 321 g/mol. The quantitative estimate of drug-likeness (QED) is 0.768. The summed E-state index contributed by atoms with van der Waals surface area (Å²) >= 11 is 0. The van der Waals surface area contributed by atoms with Crippen LogP contribution in [0.5, 0.6) is 0 Å². The molecule has 1 amide bonds. The van der Waals surface area contributed by atoms with Crippen molar-refractivity contribution in [3.05, 3.63) is 18.2 Å². The summed E-state index contributed by atoms with van der Waals surface area (Å²) in [5.41, 5.74) is 0. The molecular weight excluding hydrogens is 294 g/mol. The Morgan fingerprint density at radius 3 is 2.65 bits per heavy atom. The standard InChI is InChI=1S/C16H27N5O2/c1-14-11-21(9-10-23-14)16(22)13-20-7-5-19(6-8-20)12-15-17-3-4-18(15)2/h3-4,14H,5-13H2,1-2H3/t14-/m0/s1. The molecule has 0 aliphatic carbocycles. The van der Waals surface area contributed by atoms with Crippen molar-refractivity contribution in [1.82, 2.24) is 24.3 Å². The molecule has 1 atom stereocenters. The zero-order valence-electron chi connectivity index (χ0n) is 14.1. The molecule has 0 N–H and O–H groups in total. The highest BCUT2D eigenvalue weighted by Crippen LogP contribution is 2.09. The van der Waals surface area contributed by atoms with Gasteiger partial charge < -0.3 is 14.2 Å². The van der Waals surface area contributed by atoms with Gasteiger partial charge in [-0.25, -0.2) is 4.98 Å². The minimum atomic E-state index is 0.155. The molecule has 0 unspecified atom stereocenters. The van der Waals surface area contributed by atoms with E-state index in [2.05, 4.69) is 19.4 Å². The lowest BCUT2D eigenvalue weighted by molar-refractivity contribution is -0.139. The largest absolute Gasteiger partial charge is 0.375 e. The third kappa shape index (κ3) is 4.31. The van der Waals surface area contributed by atoms with E-state index in [4.69, 9.17) is 4.74 Å². The molecular formula is C16H27N5O2. The van der Waals surface area contributed by atoms with Gasteiger partial charge in [0.25, 0.3) is 0 Å². The van der Waals surface area contributed by atoms with Crippen molar-refractivity contribution in [2.45, 2.75) is 19.6 Å². The van der Waals surface area contributed by atoms with Gasteiger partial charge in [0.15, 0.2) is 0 Å². The molecule has 1 aromatic heterocycles. The minimum Gasteiger partial charge on any atom is -0.375 e. The van der Waals surface area contributed by atoms with Crippen molar-refractivity contribution in [2.75, 3.05) is 52.4 Å². The maximum absolute atomic E-state index is 12.4. The molecule has 128 valence electrons. The Morgan fingerprint density at radius 2 is 2.00 bits per heavy atom. The molecule has 0 saturated carbocycles. The predicted molar refractivity (Wildman–Crippen MR) is 86.9 cm³/mol. The molecule has 0 aromatic carbocycles. The molecule has 0 radical (unpaired) electrons. The smallest absolute Gasteiger partial charge is 0.236 e. The van der Waals surface area contributed by atoms with Gasteiger partial charge in [-0.15, -0.1) is 0 Å². The van der Waals surface area contributed by atoms with Crippen molar-refractivity contribution in [3.8, 4) is 0 Å². The monoisotopic (exact) mass is 321 g/mol. The van der Waals surface area contributed by atoms with Crippen molar-refractivity contribution >= 4 is 5.91 Å². The number of aryl methyl sites for hydroxylation is 1. The predicted octanol–water partition coefficient (Wildman–Crippen LogP) is -0.215. The maximum atomic E-state index is 12.4. The number of hydrogen-bond acceptors (Lipinski definition) is 5. The normalized spacial score (nSPS) is 24.1. The molecule has 7 nitrogen and oxygen atoms in total. The molecule has 3 heterocycles. The summed E-state index contributed by atoms with van der Waals surface area (Å²) in [6, 6.07) is 0. The van der Waals surface area contributed by atoms with Gasteiger partial charge >= 0.3 is 0 Å². The second-order valence-corrected chi connectivity index (χ2v) is 6.53. The lowest BCUT2D eigenvalue weighted by Crippen LogP contribution is -2.52. The molecule has 3 rings (SSSR count). The van der Waals surface area contributed by atoms with E-state index in [1.165, 1.54) is 0 Å². The summed E-state index contributed by atoms with van der Waals surface area (Å²) in [5.74, 6) is 1.33. The topological polar surface area (TPSA) is 53.8 Å². The number of hydrogen-bond donors (Lipinski definition) is 0. The van der Waals surface area contributed by atoms with E-state index in [-0.39, 0.29) is 12.0 Å². The van der Waals surface area contributed by atoms with Crippen molar-refractivity contribution in [2.24, 2.45) is 7.05 Å². The number of aromatic nitrogens is 2. The van der Waals surface area contributed by atoms with E-state index in [0.29, 0.717) is 13.2 Å². The molecule has 0 spiro atoms. The lowest BCUT2D eigenvalue weighted by Gasteiger charge is -2.36. The van der Waals surface area contributed by atoms with Gasteiger partial charge in [0.05, 0.1) is 25.8 Å². The van der Waals surface area contributed by atoms with Crippen LogP contribution in [0.3, 0.4) is 0 Å².